The molecule has 0 aliphatic rings. The van der Waals surface area contributed by atoms with E-state index in [2.05, 4.69) is 30.4 Å². The molecule has 0 spiro atoms. The third-order valence-electron chi connectivity index (χ3n) is 4.90. The predicted molar refractivity (Wildman–Crippen MR) is 126 cm³/mol. The molecule has 32 heavy (non-hydrogen) atoms. The minimum Gasteiger partial charge on any atom is -0.493 e. The van der Waals surface area contributed by atoms with Crippen LogP contribution in [0.5, 0.6) is 17.2 Å². The molecule has 0 saturated heterocycles. The van der Waals surface area contributed by atoms with E-state index in [1.54, 1.807) is 43.7 Å². The maximum atomic E-state index is 12.0. The average Bonchev–Trinajstić information content (AvgIpc) is 2.82. The van der Waals surface area contributed by atoms with Crippen LogP contribution in [0, 0.1) is 13.8 Å². The van der Waals surface area contributed by atoms with Gasteiger partial charge in [-0.15, -0.1) is 0 Å². The Balaban J connectivity index is 1.47. The first-order valence-corrected chi connectivity index (χ1v) is 10.5. The first-order chi connectivity index (χ1) is 15.6. The normalized spacial score (nSPS) is 10.7. The fraction of sp³-hybridized carbons (Fsp3) is 0.231. The van der Waals surface area contributed by atoms with Crippen LogP contribution in [-0.2, 0) is 0 Å². The number of benzene rings is 3. The summed E-state index contributed by atoms with van der Waals surface area (Å²) in [7, 11) is 1.59. The van der Waals surface area contributed by atoms with Gasteiger partial charge in [-0.1, -0.05) is 24.3 Å². The number of aryl methyl sites for hydroxylation is 2. The highest BCUT2D eigenvalue weighted by Crippen LogP contribution is 2.27. The van der Waals surface area contributed by atoms with Gasteiger partial charge in [-0.3, -0.25) is 4.79 Å². The zero-order chi connectivity index (χ0) is 22.8. The van der Waals surface area contributed by atoms with E-state index in [0.717, 1.165) is 17.7 Å². The predicted octanol–water partition coefficient (Wildman–Crippen LogP) is 4.92. The number of nitrogens with zero attached hydrogens (tertiary/aromatic N) is 1. The SMILES string of the molecule is COc1cc(/C=N\NC(=O)c2ccccc2)ccc1OCCCOc1ccc(C)c(C)c1. The number of carbonyl (C=O) groups is 1. The van der Waals surface area contributed by atoms with Crippen molar-refractivity contribution >= 4 is 12.1 Å². The van der Waals surface area contributed by atoms with E-state index in [4.69, 9.17) is 14.2 Å². The number of hydrogen-bond acceptors (Lipinski definition) is 5. The van der Waals surface area contributed by atoms with Crippen LogP contribution in [0.3, 0.4) is 0 Å². The first-order valence-electron chi connectivity index (χ1n) is 10.5. The fourth-order valence-corrected chi connectivity index (χ4v) is 2.94. The summed E-state index contributed by atoms with van der Waals surface area (Å²) in [5, 5.41) is 4.01. The highest BCUT2D eigenvalue weighted by Gasteiger charge is 2.06. The van der Waals surface area contributed by atoms with Crippen molar-refractivity contribution in [1.82, 2.24) is 5.43 Å². The average molecular weight is 433 g/mol. The standard InChI is InChI=1S/C26H28N2O4/c1-19-10-12-23(16-20(19)2)31-14-7-15-32-24-13-11-21(17-25(24)30-3)18-27-28-26(29)22-8-5-4-6-9-22/h4-6,8-13,16-18H,7,14-15H2,1-3H3,(H,28,29)/b27-18-. The van der Waals surface area contributed by atoms with Gasteiger partial charge in [-0.2, -0.15) is 5.10 Å². The Hall–Kier alpha value is -3.80. The number of nitrogens with one attached hydrogen (secondary N) is 1. The molecule has 0 aliphatic heterocycles. The van der Waals surface area contributed by atoms with E-state index in [0.29, 0.717) is 30.3 Å². The number of amides is 1. The number of rotatable bonds is 10. The Bertz CT molecular complexity index is 1060. The Kier molecular flexibility index (Phi) is 8.26. The largest absolute Gasteiger partial charge is 0.493 e. The molecule has 0 aliphatic carbocycles. The van der Waals surface area contributed by atoms with E-state index in [1.165, 1.54) is 11.1 Å². The molecule has 1 amide bonds. The van der Waals surface area contributed by atoms with Crippen molar-refractivity contribution < 1.29 is 19.0 Å². The lowest BCUT2D eigenvalue weighted by Gasteiger charge is -2.12. The molecule has 0 radical (unpaired) electrons. The van der Waals surface area contributed by atoms with Gasteiger partial charge < -0.3 is 14.2 Å². The minimum absolute atomic E-state index is 0.267. The minimum atomic E-state index is -0.267. The number of hydrogen-bond donors (Lipinski definition) is 1. The van der Waals surface area contributed by atoms with Crippen LogP contribution in [0.1, 0.15) is 33.5 Å². The van der Waals surface area contributed by atoms with Gasteiger partial charge in [0.15, 0.2) is 11.5 Å². The second kappa shape index (κ2) is 11.6. The van der Waals surface area contributed by atoms with Crippen molar-refractivity contribution in [2.75, 3.05) is 20.3 Å². The second-order valence-corrected chi connectivity index (χ2v) is 7.27. The van der Waals surface area contributed by atoms with E-state index in [1.807, 2.05) is 30.3 Å². The third kappa shape index (κ3) is 6.60. The third-order valence-corrected chi connectivity index (χ3v) is 4.90. The van der Waals surface area contributed by atoms with Gasteiger partial charge in [0.25, 0.3) is 5.91 Å². The van der Waals surface area contributed by atoms with Gasteiger partial charge in [0, 0.05) is 12.0 Å². The fourth-order valence-electron chi connectivity index (χ4n) is 2.94. The highest BCUT2D eigenvalue weighted by molar-refractivity contribution is 5.94. The van der Waals surface area contributed by atoms with E-state index < -0.39 is 0 Å². The summed E-state index contributed by atoms with van der Waals surface area (Å²) in [5.74, 6) is 1.84. The topological polar surface area (TPSA) is 69.2 Å². The van der Waals surface area contributed by atoms with Crippen LogP contribution in [-0.4, -0.2) is 32.4 Å². The molecule has 0 heterocycles. The molecular formula is C26H28N2O4. The lowest BCUT2D eigenvalue weighted by Crippen LogP contribution is -2.17. The van der Waals surface area contributed by atoms with Crippen LogP contribution in [0.2, 0.25) is 0 Å². The number of ether oxygens (including phenoxy) is 3. The van der Waals surface area contributed by atoms with Crippen LogP contribution in [0.25, 0.3) is 0 Å². The van der Waals surface area contributed by atoms with Gasteiger partial charge in [-0.05, 0) is 73.0 Å². The molecule has 1 N–H and O–H groups in total. The van der Waals surface area contributed by atoms with Crippen molar-refractivity contribution in [3.63, 3.8) is 0 Å². The van der Waals surface area contributed by atoms with Gasteiger partial charge >= 0.3 is 0 Å². The summed E-state index contributed by atoms with van der Waals surface area (Å²) >= 11 is 0. The van der Waals surface area contributed by atoms with Crippen molar-refractivity contribution in [3.8, 4) is 17.2 Å². The molecular weight excluding hydrogens is 404 g/mol. The molecule has 0 aromatic heterocycles. The second-order valence-electron chi connectivity index (χ2n) is 7.27. The maximum Gasteiger partial charge on any atom is 0.271 e. The summed E-state index contributed by atoms with van der Waals surface area (Å²) in [6.45, 7) is 5.22. The van der Waals surface area contributed by atoms with Crippen LogP contribution in [0.4, 0.5) is 0 Å². The highest BCUT2D eigenvalue weighted by atomic mass is 16.5. The monoisotopic (exact) mass is 432 g/mol. The zero-order valence-electron chi connectivity index (χ0n) is 18.6. The smallest absolute Gasteiger partial charge is 0.271 e. The summed E-state index contributed by atoms with van der Waals surface area (Å²) in [6.07, 6.45) is 2.30. The Morgan fingerprint density at radius 1 is 0.906 bits per heavy atom. The summed E-state index contributed by atoms with van der Waals surface area (Å²) in [4.78, 5) is 12.0. The molecule has 0 saturated carbocycles. The van der Waals surface area contributed by atoms with Gasteiger partial charge in [-0.25, -0.2) is 5.43 Å². The van der Waals surface area contributed by atoms with Gasteiger partial charge in [0.1, 0.15) is 5.75 Å². The summed E-state index contributed by atoms with van der Waals surface area (Å²) in [6, 6.07) is 20.5. The quantitative estimate of drug-likeness (QED) is 0.280. The molecule has 0 bridgehead atoms. The Morgan fingerprint density at radius 2 is 1.69 bits per heavy atom. The van der Waals surface area contributed by atoms with Crippen molar-refractivity contribution in [2.24, 2.45) is 5.10 Å². The van der Waals surface area contributed by atoms with Crippen molar-refractivity contribution in [3.05, 3.63) is 89.0 Å². The molecule has 6 nitrogen and oxygen atoms in total. The molecule has 3 rings (SSSR count). The summed E-state index contributed by atoms with van der Waals surface area (Å²) < 4.78 is 17.1. The van der Waals surface area contributed by atoms with Crippen molar-refractivity contribution in [1.29, 1.82) is 0 Å². The first kappa shape index (κ1) is 22.9. The van der Waals surface area contributed by atoms with Crippen LogP contribution in [0.15, 0.2) is 71.8 Å². The molecule has 3 aromatic rings. The maximum absolute atomic E-state index is 12.0. The lowest BCUT2D eigenvalue weighted by atomic mass is 10.1. The molecule has 6 heteroatoms. The number of hydrazone groups is 1. The molecule has 0 unspecified atom stereocenters. The zero-order valence-corrected chi connectivity index (χ0v) is 18.6. The lowest BCUT2D eigenvalue weighted by molar-refractivity contribution is 0.0955. The number of methoxy groups -OCH3 is 1. The van der Waals surface area contributed by atoms with Gasteiger partial charge in [0.05, 0.1) is 26.5 Å². The van der Waals surface area contributed by atoms with Crippen LogP contribution >= 0.6 is 0 Å². The number of carbonyl (C=O) groups excluding carboxylic acids is 1. The van der Waals surface area contributed by atoms with E-state index in [-0.39, 0.29) is 5.91 Å². The molecule has 0 atom stereocenters. The van der Waals surface area contributed by atoms with Crippen molar-refractivity contribution in [2.45, 2.75) is 20.3 Å². The Morgan fingerprint density at radius 3 is 2.44 bits per heavy atom. The summed E-state index contributed by atoms with van der Waals surface area (Å²) in [5.41, 5.74) is 6.30. The Labute approximate surface area is 188 Å². The van der Waals surface area contributed by atoms with E-state index in [9.17, 15) is 4.79 Å². The van der Waals surface area contributed by atoms with Crippen LogP contribution < -0.4 is 19.6 Å². The molecule has 166 valence electrons. The molecule has 3 aromatic carbocycles. The van der Waals surface area contributed by atoms with E-state index >= 15 is 0 Å². The molecule has 0 fully saturated rings. The van der Waals surface area contributed by atoms with Gasteiger partial charge in [0.2, 0.25) is 0 Å².